The molecule has 1 aliphatic heterocycles. The van der Waals surface area contributed by atoms with Crippen LogP contribution < -0.4 is 5.32 Å². The molecule has 1 heterocycles. The average Bonchev–Trinajstić information content (AvgIpc) is 2.56. The zero-order valence-corrected chi connectivity index (χ0v) is 9.12. The fraction of sp³-hybridized carbons (Fsp3) is 0.167. The first-order valence-corrected chi connectivity index (χ1v) is 5.11. The third-order valence-corrected chi connectivity index (χ3v) is 2.31. The zero-order chi connectivity index (χ0) is 12.4. The van der Waals surface area contributed by atoms with Crippen molar-refractivity contribution in [3.8, 4) is 0 Å². The van der Waals surface area contributed by atoms with Gasteiger partial charge in [0.1, 0.15) is 5.82 Å². The molecule has 0 saturated carbocycles. The smallest absolute Gasteiger partial charge is 0.331 e. The zero-order valence-electron chi connectivity index (χ0n) is 9.12. The van der Waals surface area contributed by atoms with Gasteiger partial charge in [0.15, 0.2) is 0 Å². The summed E-state index contributed by atoms with van der Waals surface area (Å²) in [4.78, 5) is 22.8. The van der Waals surface area contributed by atoms with Crippen LogP contribution in [-0.4, -0.2) is 18.5 Å². The van der Waals surface area contributed by atoms with Gasteiger partial charge in [0, 0.05) is 17.3 Å². The highest BCUT2D eigenvalue weighted by Gasteiger charge is 2.25. The van der Waals surface area contributed by atoms with Crippen LogP contribution in [0, 0.1) is 5.82 Å². The van der Waals surface area contributed by atoms with Crippen LogP contribution in [0.1, 0.15) is 12.5 Å². The van der Waals surface area contributed by atoms with Crippen molar-refractivity contribution in [2.24, 2.45) is 0 Å². The predicted molar refractivity (Wildman–Crippen MR) is 59.6 cm³/mol. The van der Waals surface area contributed by atoms with Crippen molar-refractivity contribution in [3.05, 3.63) is 35.7 Å². The van der Waals surface area contributed by atoms with E-state index in [1.54, 1.807) is 6.92 Å². The molecule has 0 unspecified atom stereocenters. The van der Waals surface area contributed by atoms with E-state index in [9.17, 15) is 14.0 Å². The van der Waals surface area contributed by atoms with E-state index in [4.69, 9.17) is 4.74 Å². The summed E-state index contributed by atoms with van der Waals surface area (Å²) in [7, 11) is 0. The Bertz CT molecular complexity index is 522. The number of anilines is 1. The van der Waals surface area contributed by atoms with Crippen molar-refractivity contribution in [3.63, 3.8) is 0 Å². The van der Waals surface area contributed by atoms with Crippen molar-refractivity contribution < 1.29 is 18.7 Å². The topological polar surface area (TPSA) is 55.4 Å². The summed E-state index contributed by atoms with van der Waals surface area (Å²) in [5.74, 6) is -1.51. The maximum Gasteiger partial charge on any atom is 0.331 e. The van der Waals surface area contributed by atoms with E-state index in [1.165, 1.54) is 18.2 Å². The molecule has 4 nitrogen and oxygen atoms in total. The molecule has 0 aromatic heterocycles. The molecule has 1 aromatic rings. The van der Waals surface area contributed by atoms with Gasteiger partial charge in [-0.2, -0.15) is 0 Å². The first kappa shape index (κ1) is 11.3. The Morgan fingerprint density at radius 1 is 1.53 bits per heavy atom. The SMILES string of the molecule is CCOC(=O)C=C1C(=O)Nc2ccc(F)cc21. The summed E-state index contributed by atoms with van der Waals surface area (Å²) >= 11 is 0. The van der Waals surface area contributed by atoms with Crippen LogP contribution in [0.3, 0.4) is 0 Å². The van der Waals surface area contributed by atoms with E-state index in [-0.39, 0.29) is 12.2 Å². The standard InChI is InChI=1S/C12H10FNO3/c1-2-17-11(15)6-9-8-5-7(13)3-4-10(8)14-12(9)16/h3-6H,2H2,1H3,(H,14,16). The van der Waals surface area contributed by atoms with Crippen LogP contribution in [0.15, 0.2) is 24.3 Å². The summed E-state index contributed by atoms with van der Waals surface area (Å²) in [5.41, 5.74) is 0.993. The summed E-state index contributed by atoms with van der Waals surface area (Å²) in [6.07, 6.45) is 1.07. The van der Waals surface area contributed by atoms with E-state index in [1.807, 2.05) is 0 Å². The second-order valence-electron chi connectivity index (χ2n) is 3.45. The van der Waals surface area contributed by atoms with Gasteiger partial charge >= 0.3 is 5.97 Å². The molecule has 0 aliphatic carbocycles. The van der Waals surface area contributed by atoms with E-state index >= 15 is 0 Å². The average molecular weight is 235 g/mol. The van der Waals surface area contributed by atoms with E-state index in [0.717, 1.165) is 6.08 Å². The number of nitrogens with one attached hydrogen (secondary N) is 1. The van der Waals surface area contributed by atoms with Crippen LogP contribution in [0.2, 0.25) is 0 Å². The molecule has 0 saturated heterocycles. The third kappa shape index (κ3) is 2.18. The van der Waals surface area contributed by atoms with Gasteiger partial charge in [-0.25, -0.2) is 9.18 Å². The molecule has 1 aromatic carbocycles. The maximum absolute atomic E-state index is 13.1. The van der Waals surface area contributed by atoms with Gasteiger partial charge in [0.05, 0.1) is 12.2 Å². The van der Waals surface area contributed by atoms with Gasteiger partial charge in [-0.3, -0.25) is 4.79 Å². The number of ether oxygens (including phenoxy) is 1. The van der Waals surface area contributed by atoms with Gasteiger partial charge in [0.2, 0.25) is 0 Å². The Labute approximate surface area is 97.1 Å². The maximum atomic E-state index is 13.1. The molecule has 0 atom stereocenters. The largest absolute Gasteiger partial charge is 0.463 e. The summed E-state index contributed by atoms with van der Waals surface area (Å²) < 4.78 is 17.8. The van der Waals surface area contributed by atoms with Gasteiger partial charge in [-0.1, -0.05) is 0 Å². The van der Waals surface area contributed by atoms with E-state index in [2.05, 4.69) is 5.32 Å². The van der Waals surface area contributed by atoms with Crippen LogP contribution in [0.4, 0.5) is 10.1 Å². The lowest BCUT2D eigenvalue weighted by Crippen LogP contribution is -2.07. The number of halogens is 1. The molecule has 1 aliphatic rings. The fourth-order valence-corrected chi connectivity index (χ4v) is 1.61. The number of rotatable bonds is 2. The lowest BCUT2D eigenvalue weighted by atomic mass is 10.1. The molecular formula is C12H10FNO3. The fourth-order valence-electron chi connectivity index (χ4n) is 1.61. The van der Waals surface area contributed by atoms with Crippen molar-refractivity contribution in [2.75, 3.05) is 11.9 Å². The number of amides is 1. The van der Waals surface area contributed by atoms with Crippen molar-refractivity contribution in [2.45, 2.75) is 6.92 Å². The highest BCUT2D eigenvalue weighted by atomic mass is 19.1. The number of fused-ring (bicyclic) bond motifs is 1. The van der Waals surface area contributed by atoms with Crippen molar-refractivity contribution in [1.82, 2.24) is 0 Å². The Morgan fingerprint density at radius 3 is 3.00 bits per heavy atom. The number of hydrogen-bond acceptors (Lipinski definition) is 3. The Kier molecular flexibility index (Phi) is 2.91. The van der Waals surface area contributed by atoms with Crippen LogP contribution >= 0.6 is 0 Å². The van der Waals surface area contributed by atoms with Gasteiger partial charge < -0.3 is 10.1 Å². The highest BCUT2D eigenvalue weighted by molar-refractivity contribution is 6.33. The van der Waals surface area contributed by atoms with E-state index < -0.39 is 17.7 Å². The summed E-state index contributed by atoms with van der Waals surface area (Å²) in [6, 6.07) is 3.90. The molecular weight excluding hydrogens is 225 g/mol. The minimum atomic E-state index is -0.616. The third-order valence-electron chi connectivity index (χ3n) is 2.31. The summed E-state index contributed by atoms with van der Waals surface area (Å²) in [6.45, 7) is 1.89. The summed E-state index contributed by atoms with van der Waals surface area (Å²) in [5, 5.41) is 2.54. The number of carbonyl (C=O) groups excluding carboxylic acids is 2. The Morgan fingerprint density at radius 2 is 2.29 bits per heavy atom. The number of esters is 1. The molecule has 88 valence electrons. The number of hydrogen-bond donors (Lipinski definition) is 1. The molecule has 0 spiro atoms. The Hall–Kier alpha value is -2.17. The van der Waals surface area contributed by atoms with Gasteiger partial charge in [-0.15, -0.1) is 0 Å². The predicted octanol–water partition coefficient (Wildman–Crippen LogP) is 1.72. The number of benzene rings is 1. The molecule has 0 fully saturated rings. The van der Waals surface area contributed by atoms with Crippen LogP contribution in [0.5, 0.6) is 0 Å². The molecule has 1 amide bonds. The van der Waals surface area contributed by atoms with Crippen LogP contribution in [-0.2, 0) is 14.3 Å². The second-order valence-corrected chi connectivity index (χ2v) is 3.45. The molecule has 2 rings (SSSR count). The molecule has 5 heteroatoms. The van der Waals surface area contributed by atoms with Crippen molar-refractivity contribution in [1.29, 1.82) is 0 Å². The first-order chi connectivity index (χ1) is 8.11. The van der Waals surface area contributed by atoms with Crippen LogP contribution in [0.25, 0.3) is 5.57 Å². The van der Waals surface area contributed by atoms with E-state index in [0.29, 0.717) is 11.3 Å². The quantitative estimate of drug-likeness (QED) is 0.627. The normalized spacial score (nSPS) is 15.6. The minimum Gasteiger partial charge on any atom is -0.463 e. The lowest BCUT2D eigenvalue weighted by Gasteiger charge is -1.99. The highest BCUT2D eigenvalue weighted by Crippen LogP contribution is 2.31. The molecule has 17 heavy (non-hydrogen) atoms. The van der Waals surface area contributed by atoms with Gasteiger partial charge in [-0.05, 0) is 25.1 Å². The number of carbonyl (C=O) groups is 2. The first-order valence-electron chi connectivity index (χ1n) is 5.11. The lowest BCUT2D eigenvalue weighted by molar-refractivity contribution is -0.137. The minimum absolute atomic E-state index is 0.123. The second kappa shape index (κ2) is 4.37. The molecule has 1 N–H and O–H groups in total. The van der Waals surface area contributed by atoms with Crippen molar-refractivity contribution >= 4 is 23.1 Å². The molecule has 0 radical (unpaired) electrons. The Balaban J connectivity index is 2.40. The molecule has 0 bridgehead atoms. The van der Waals surface area contributed by atoms with Gasteiger partial charge in [0.25, 0.3) is 5.91 Å². The monoisotopic (exact) mass is 235 g/mol.